The van der Waals surface area contributed by atoms with E-state index in [1.54, 1.807) is 11.3 Å². The van der Waals surface area contributed by atoms with Gasteiger partial charge in [-0.3, -0.25) is 0 Å². The molecule has 1 aromatic rings. The SMILES string of the molecule is CC(Br)CC(C)NCc1cc(Br)cs1. The van der Waals surface area contributed by atoms with E-state index < -0.39 is 0 Å². The summed E-state index contributed by atoms with van der Waals surface area (Å²) < 4.78 is 1.18. The zero-order chi connectivity index (χ0) is 10.6. The summed E-state index contributed by atoms with van der Waals surface area (Å²) in [6.45, 7) is 5.37. The molecule has 0 bridgehead atoms. The van der Waals surface area contributed by atoms with E-state index in [-0.39, 0.29) is 0 Å². The monoisotopic (exact) mass is 339 g/mol. The Labute approximate surface area is 107 Å². The Morgan fingerprint density at radius 1 is 1.50 bits per heavy atom. The van der Waals surface area contributed by atoms with Gasteiger partial charge < -0.3 is 5.32 Å². The number of hydrogen-bond acceptors (Lipinski definition) is 2. The quantitative estimate of drug-likeness (QED) is 0.793. The first kappa shape index (κ1) is 12.7. The van der Waals surface area contributed by atoms with Crippen LogP contribution in [0.5, 0.6) is 0 Å². The molecular weight excluding hydrogens is 326 g/mol. The lowest BCUT2D eigenvalue weighted by Crippen LogP contribution is -2.27. The molecule has 0 saturated carbocycles. The van der Waals surface area contributed by atoms with Crippen molar-refractivity contribution in [2.24, 2.45) is 0 Å². The van der Waals surface area contributed by atoms with Gasteiger partial charge in [-0.2, -0.15) is 0 Å². The van der Waals surface area contributed by atoms with Crippen LogP contribution in [0.3, 0.4) is 0 Å². The zero-order valence-electron chi connectivity index (χ0n) is 8.39. The van der Waals surface area contributed by atoms with E-state index in [0.717, 1.165) is 13.0 Å². The molecule has 4 heteroatoms. The maximum atomic E-state index is 3.56. The van der Waals surface area contributed by atoms with Crippen LogP contribution in [-0.4, -0.2) is 10.9 Å². The molecular formula is C10H15Br2NS. The number of rotatable bonds is 5. The summed E-state index contributed by atoms with van der Waals surface area (Å²) in [4.78, 5) is 1.96. The molecule has 0 radical (unpaired) electrons. The van der Waals surface area contributed by atoms with Crippen molar-refractivity contribution >= 4 is 43.2 Å². The van der Waals surface area contributed by atoms with Crippen molar-refractivity contribution in [2.45, 2.75) is 37.7 Å². The molecule has 0 fully saturated rings. The van der Waals surface area contributed by atoms with Crippen LogP contribution in [0.25, 0.3) is 0 Å². The molecule has 0 aliphatic carbocycles. The summed E-state index contributed by atoms with van der Waals surface area (Å²) in [6.07, 6.45) is 1.16. The molecule has 14 heavy (non-hydrogen) atoms. The third-order valence-corrected chi connectivity index (χ3v) is 4.00. The molecule has 1 N–H and O–H groups in total. The Hall–Kier alpha value is 0.620. The number of nitrogens with one attached hydrogen (secondary N) is 1. The van der Waals surface area contributed by atoms with Crippen molar-refractivity contribution in [3.63, 3.8) is 0 Å². The average molecular weight is 341 g/mol. The van der Waals surface area contributed by atoms with Crippen molar-refractivity contribution in [3.05, 3.63) is 20.8 Å². The van der Waals surface area contributed by atoms with Crippen LogP contribution < -0.4 is 5.32 Å². The lowest BCUT2D eigenvalue weighted by atomic mass is 10.2. The van der Waals surface area contributed by atoms with E-state index in [1.165, 1.54) is 9.35 Å². The van der Waals surface area contributed by atoms with Gasteiger partial charge in [-0.05, 0) is 35.3 Å². The first-order chi connectivity index (χ1) is 6.58. The Balaban J connectivity index is 2.26. The third-order valence-electron chi connectivity index (χ3n) is 1.92. The normalized spacial score (nSPS) is 15.4. The summed E-state index contributed by atoms with van der Waals surface area (Å²) >= 11 is 8.80. The van der Waals surface area contributed by atoms with Crippen LogP contribution in [0.1, 0.15) is 25.1 Å². The van der Waals surface area contributed by atoms with Crippen molar-refractivity contribution < 1.29 is 0 Å². The Morgan fingerprint density at radius 3 is 2.71 bits per heavy atom. The second-order valence-electron chi connectivity index (χ2n) is 3.53. The zero-order valence-corrected chi connectivity index (χ0v) is 12.4. The first-order valence-electron chi connectivity index (χ1n) is 4.68. The van der Waals surface area contributed by atoms with Crippen molar-refractivity contribution in [1.29, 1.82) is 0 Å². The minimum atomic E-state index is 0.560. The van der Waals surface area contributed by atoms with Crippen LogP contribution in [0.15, 0.2) is 15.9 Å². The van der Waals surface area contributed by atoms with Gasteiger partial charge in [0.2, 0.25) is 0 Å². The Kier molecular flexibility index (Phi) is 5.67. The van der Waals surface area contributed by atoms with Gasteiger partial charge in [-0.15, -0.1) is 11.3 Å². The highest BCUT2D eigenvalue weighted by molar-refractivity contribution is 9.10. The maximum Gasteiger partial charge on any atom is 0.0302 e. The maximum absolute atomic E-state index is 3.56. The van der Waals surface area contributed by atoms with Gasteiger partial charge in [0, 0.05) is 32.1 Å². The van der Waals surface area contributed by atoms with Gasteiger partial charge in [-0.1, -0.05) is 22.9 Å². The fourth-order valence-electron chi connectivity index (χ4n) is 1.29. The second kappa shape index (κ2) is 6.26. The van der Waals surface area contributed by atoms with Crippen LogP contribution >= 0.6 is 43.2 Å². The average Bonchev–Trinajstić information content (AvgIpc) is 2.47. The van der Waals surface area contributed by atoms with Gasteiger partial charge in [0.25, 0.3) is 0 Å². The Bertz CT molecular complexity index is 273. The number of halogens is 2. The van der Waals surface area contributed by atoms with Gasteiger partial charge in [0.15, 0.2) is 0 Å². The molecule has 1 aromatic heterocycles. The molecule has 80 valence electrons. The second-order valence-corrected chi connectivity index (χ2v) is 7.00. The summed E-state index contributed by atoms with van der Waals surface area (Å²) in [5, 5.41) is 5.62. The molecule has 0 aliphatic rings. The minimum Gasteiger partial charge on any atom is -0.309 e. The van der Waals surface area contributed by atoms with Gasteiger partial charge in [0.1, 0.15) is 0 Å². The molecule has 0 saturated heterocycles. The molecule has 0 aromatic carbocycles. The van der Waals surface area contributed by atoms with E-state index in [2.05, 4.69) is 62.5 Å². The number of thiophene rings is 1. The summed E-state index contributed by atoms with van der Waals surface area (Å²) in [6, 6.07) is 2.73. The number of alkyl halides is 1. The summed E-state index contributed by atoms with van der Waals surface area (Å²) in [5.41, 5.74) is 0. The van der Waals surface area contributed by atoms with E-state index >= 15 is 0 Å². The predicted molar refractivity (Wildman–Crippen MR) is 71.3 cm³/mol. The Morgan fingerprint density at radius 2 is 2.21 bits per heavy atom. The fraction of sp³-hybridized carbons (Fsp3) is 0.600. The van der Waals surface area contributed by atoms with Gasteiger partial charge in [0.05, 0.1) is 0 Å². The van der Waals surface area contributed by atoms with E-state index in [9.17, 15) is 0 Å². The lowest BCUT2D eigenvalue weighted by Gasteiger charge is -2.14. The van der Waals surface area contributed by atoms with E-state index in [1.807, 2.05) is 0 Å². The lowest BCUT2D eigenvalue weighted by molar-refractivity contribution is 0.518. The van der Waals surface area contributed by atoms with E-state index in [0.29, 0.717) is 10.9 Å². The molecule has 0 aliphatic heterocycles. The van der Waals surface area contributed by atoms with Crippen molar-refractivity contribution in [2.75, 3.05) is 0 Å². The molecule has 1 heterocycles. The molecule has 1 rings (SSSR count). The number of hydrogen-bond donors (Lipinski definition) is 1. The largest absolute Gasteiger partial charge is 0.309 e. The van der Waals surface area contributed by atoms with Crippen molar-refractivity contribution in [3.8, 4) is 0 Å². The van der Waals surface area contributed by atoms with Crippen LogP contribution in [0.4, 0.5) is 0 Å². The summed E-state index contributed by atoms with van der Waals surface area (Å²) in [5.74, 6) is 0. The minimum absolute atomic E-state index is 0.560. The fourth-order valence-corrected chi connectivity index (χ4v) is 3.25. The smallest absolute Gasteiger partial charge is 0.0302 e. The molecule has 0 spiro atoms. The van der Waals surface area contributed by atoms with Gasteiger partial charge >= 0.3 is 0 Å². The standard InChI is InChI=1S/C10H15Br2NS/c1-7(11)3-8(2)13-5-10-4-9(12)6-14-10/h4,6-8,13H,3,5H2,1-2H3. The first-order valence-corrected chi connectivity index (χ1v) is 7.27. The molecule has 1 nitrogen and oxygen atoms in total. The van der Waals surface area contributed by atoms with Crippen LogP contribution in [0.2, 0.25) is 0 Å². The molecule has 0 amide bonds. The molecule has 2 atom stereocenters. The predicted octanol–water partition coefficient (Wildman–Crippen LogP) is 4.16. The van der Waals surface area contributed by atoms with Crippen LogP contribution in [-0.2, 0) is 6.54 Å². The van der Waals surface area contributed by atoms with Gasteiger partial charge in [-0.25, -0.2) is 0 Å². The van der Waals surface area contributed by atoms with Crippen molar-refractivity contribution in [1.82, 2.24) is 5.32 Å². The third kappa shape index (κ3) is 4.91. The summed E-state index contributed by atoms with van der Waals surface area (Å²) in [7, 11) is 0. The highest BCUT2D eigenvalue weighted by atomic mass is 79.9. The highest BCUT2D eigenvalue weighted by Gasteiger charge is 2.05. The highest BCUT2D eigenvalue weighted by Crippen LogP contribution is 2.19. The van der Waals surface area contributed by atoms with Crippen LogP contribution in [0, 0.1) is 0 Å². The molecule has 2 unspecified atom stereocenters. The van der Waals surface area contributed by atoms with E-state index in [4.69, 9.17) is 0 Å². The topological polar surface area (TPSA) is 12.0 Å².